The van der Waals surface area contributed by atoms with Gasteiger partial charge in [0.1, 0.15) is 11.9 Å². The van der Waals surface area contributed by atoms with Crippen LogP contribution in [0.4, 0.5) is 4.39 Å². The van der Waals surface area contributed by atoms with E-state index in [0.29, 0.717) is 18.8 Å². The number of rotatable bonds is 4. The molecule has 0 atom stereocenters. The summed E-state index contributed by atoms with van der Waals surface area (Å²) in [6.07, 6.45) is -0.533. The second kappa shape index (κ2) is 7.01. The first-order chi connectivity index (χ1) is 10.7. The minimum absolute atomic E-state index is 0.180. The van der Waals surface area contributed by atoms with Gasteiger partial charge in [-0.05, 0) is 13.0 Å². The Bertz CT molecular complexity index is 621. The Morgan fingerprint density at radius 3 is 2.59 bits per heavy atom. The number of hydrogen-bond acceptors (Lipinski definition) is 3. The molecule has 0 bridgehead atoms. The van der Waals surface area contributed by atoms with Crippen LogP contribution in [-0.4, -0.2) is 19.3 Å². The molecule has 0 aromatic heterocycles. The maximum absolute atomic E-state index is 13.5. The van der Waals surface area contributed by atoms with Gasteiger partial charge in [0.25, 0.3) is 0 Å². The molecule has 116 valence electrons. The first-order valence-electron chi connectivity index (χ1n) is 7.37. The van der Waals surface area contributed by atoms with Crippen LogP contribution < -0.4 is 0 Å². The van der Waals surface area contributed by atoms with Crippen molar-refractivity contribution in [2.75, 3.05) is 13.2 Å². The Morgan fingerprint density at radius 2 is 1.86 bits per heavy atom. The van der Waals surface area contributed by atoms with E-state index in [0.717, 1.165) is 5.56 Å². The molecule has 1 saturated heterocycles. The van der Waals surface area contributed by atoms with Crippen LogP contribution in [0.25, 0.3) is 0 Å². The standard InChI is InChI=1S/C18H19FO3/c1-13-5-4-7-14(9-13)18-21-11-16(12-22-18)20-10-15-6-2-3-8-17(15)19/h2-9,16,18H,10-12H2,1H3/t16-,18+. The fourth-order valence-electron chi connectivity index (χ4n) is 2.41. The van der Waals surface area contributed by atoms with E-state index in [1.807, 2.05) is 31.2 Å². The molecular formula is C18H19FO3. The lowest BCUT2D eigenvalue weighted by Crippen LogP contribution is -2.33. The summed E-state index contributed by atoms with van der Waals surface area (Å²) in [6, 6.07) is 14.7. The maximum Gasteiger partial charge on any atom is 0.184 e. The van der Waals surface area contributed by atoms with Gasteiger partial charge in [0, 0.05) is 11.1 Å². The fourth-order valence-corrected chi connectivity index (χ4v) is 2.41. The van der Waals surface area contributed by atoms with Crippen molar-refractivity contribution in [3.8, 4) is 0 Å². The van der Waals surface area contributed by atoms with Crippen LogP contribution in [0.5, 0.6) is 0 Å². The van der Waals surface area contributed by atoms with Gasteiger partial charge in [0.2, 0.25) is 0 Å². The van der Waals surface area contributed by atoms with E-state index in [9.17, 15) is 4.39 Å². The van der Waals surface area contributed by atoms with Gasteiger partial charge in [0.05, 0.1) is 19.8 Å². The lowest BCUT2D eigenvalue weighted by atomic mass is 10.1. The second-order valence-electron chi connectivity index (χ2n) is 5.44. The minimum Gasteiger partial charge on any atom is -0.369 e. The highest BCUT2D eigenvalue weighted by Crippen LogP contribution is 2.24. The van der Waals surface area contributed by atoms with E-state index in [4.69, 9.17) is 14.2 Å². The minimum atomic E-state index is -0.354. The molecule has 0 radical (unpaired) electrons. The van der Waals surface area contributed by atoms with Crippen LogP contribution in [0.15, 0.2) is 48.5 Å². The molecule has 1 aliphatic heterocycles. The number of ether oxygens (including phenoxy) is 3. The summed E-state index contributed by atoms with van der Waals surface area (Å²) in [5.74, 6) is -0.252. The highest BCUT2D eigenvalue weighted by atomic mass is 19.1. The molecule has 1 aliphatic rings. The molecular weight excluding hydrogens is 283 g/mol. The van der Waals surface area contributed by atoms with Gasteiger partial charge in [-0.15, -0.1) is 0 Å². The van der Waals surface area contributed by atoms with Crippen molar-refractivity contribution in [1.29, 1.82) is 0 Å². The molecule has 1 heterocycles. The summed E-state index contributed by atoms with van der Waals surface area (Å²) >= 11 is 0. The first kappa shape index (κ1) is 15.2. The summed E-state index contributed by atoms with van der Waals surface area (Å²) in [7, 11) is 0. The molecule has 0 saturated carbocycles. The van der Waals surface area contributed by atoms with Gasteiger partial charge in [0.15, 0.2) is 6.29 Å². The number of benzene rings is 2. The Balaban J connectivity index is 1.51. The topological polar surface area (TPSA) is 27.7 Å². The van der Waals surface area contributed by atoms with Gasteiger partial charge in [-0.25, -0.2) is 4.39 Å². The van der Waals surface area contributed by atoms with Crippen LogP contribution in [0.1, 0.15) is 23.0 Å². The third kappa shape index (κ3) is 3.71. The Morgan fingerprint density at radius 1 is 1.09 bits per heavy atom. The summed E-state index contributed by atoms with van der Waals surface area (Å²) in [5.41, 5.74) is 2.72. The van der Waals surface area contributed by atoms with E-state index >= 15 is 0 Å². The molecule has 0 unspecified atom stereocenters. The van der Waals surface area contributed by atoms with Gasteiger partial charge < -0.3 is 14.2 Å². The number of aryl methyl sites for hydroxylation is 1. The zero-order valence-corrected chi connectivity index (χ0v) is 12.5. The molecule has 0 amide bonds. The summed E-state index contributed by atoms with van der Waals surface area (Å²) in [5, 5.41) is 0. The van der Waals surface area contributed by atoms with Crippen LogP contribution in [0.3, 0.4) is 0 Å². The smallest absolute Gasteiger partial charge is 0.184 e. The zero-order chi connectivity index (χ0) is 15.4. The van der Waals surface area contributed by atoms with Gasteiger partial charge in [-0.3, -0.25) is 0 Å². The molecule has 2 aromatic carbocycles. The van der Waals surface area contributed by atoms with E-state index in [2.05, 4.69) is 0 Å². The molecule has 3 rings (SSSR count). The Labute approximate surface area is 129 Å². The van der Waals surface area contributed by atoms with Crippen molar-refractivity contribution in [2.45, 2.75) is 25.9 Å². The van der Waals surface area contributed by atoms with Crippen molar-refractivity contribution in [3.05, 3.63) is 71.0 Å². The summed E-state index contributed by atoms with van der Waals surface area (Å²) in [6.45, 7) is 3.13. The molecule has 22 heavy (non-hydrogen) atoms. The van der Waals surface area contributed by atoms with Crippen LogP contribution in [0.2, 0.25) is 0 Å². The lowest BCUT2D eigenvalue weighted by Gasteiger charge is -2.29. The normalized spacial score (nSPS) is 21.7. The first-order valence-corrected chi connectivity index (χ1v) is 7.37. The van der Waals surface area contributed by atoms with Crippen LogP contribution >= 0.6 is 0 Å². The average Bonchev–Trinajstić information content (AvgIpc) is 2.55. The highest BCUT2D eigenvalue weighted by molar-refractivity contribution is 5.23. The third-order valence-corrected chi connectivity index (χ3v) is 3.61. The zero-order valence-electron chi connectivity index (χ0n) is 12.5. The monoisotopic (exact) mass is 302 g/mol. The number of halogens is 1. The van der Waals surface area contributed by atoms with Crippen molar-refractivity contribution < 1.29 is 18.6 Å². The van der Waals surface area contributed by atoms with E-state index in [-0.39, 0.29) is 24.8 Å². The SMILES string of the molecule is Cc1cccc([C@H]2OC[C@@H](OCc3ccccc3F)CO2)c1. The highest BCUT2D eigenvalue weighted by Gasteiger charge is 2.24. The largest absolute Gasteiger partial charge is 0.369 e. The van der Waals surface area contributed by atoms with Gasteiger partial charge in [-0.2, -0.15) is 0 Å². The molecule has 0 spiro atoms. The van der Waals surface area contributed by atoms with E-state index in [1.165, 1.54) is 11.6 Å². The van der Waals surface area contributed by atoms with Gasteiger partial charge >= 0.3 is 0 Å². The Kier molecular flexibility index (Phi) is 4.83. The predicted octanol–water partition coefficient (Wildman–Crippen LogP) is 3.76. The average molecular weight is 302 g/mol. The third-order valence-electron chi connectivity index (χ3n) is 3.61. The van der Waals surface area contributed by atoms with E-state index in [1.54, 1.807) is 18.2 Å². The molecule has 4 heteroatoms. The van der Waals surface area contributed by atoms with Crippen molar-refractivity contribution in [1.82, 2.24) is 0 Å². The molecule has 2 aromatic rings. The summed E-state index contributed by atoms with van der Waals surface area (Å²) < 4.78 is 30.6. The molecule has 3 nitrogen and oxygen atoms in total. The molecule has 1 fully saturated rings. The summed E-state index contributed by atoms with van der Waals surface area (Å²) in [4.78, 5) is 0. The Hall–Kier alpha value is -1.75. The van der Waals surface area contributed by atoms with Crippen LogP contribution in [0, 0.1) is 12.7 Å². The molecule has 0 aliphatic carbocycles. The quantitative estimate of drug-likeness (QED) is 0.860. The van der Waals surface area contributed by atoms with Crippen molar-refractivity contribution in [2.24, 2.45) is 0 Å². The predicted molar refractivity (Wildman–Crippen MR) is 80.8 cm³/mol. The van der Waals surface area contributed by atoms with E-state index < -0.39 is 0 Å². The number of hydrogen-bond donors (Lipinski definition) is 0. The fraction of sp³-hybridized carbons (Fsp3) is 0.333. The maximum atomic E-state index is 13.5. The molecule has 0 N–H and O–H groups in total. The lowest BCUT2D eigenvalue weighted by molar-refractivity contribution is -0.232. The van der Waals surface area contributed by atoms with Crippen LogP contribution in [-0.2, 0) is 20.8 Å². The van der Waals surface area contributed by atoms with Crippen molar-refractivity contribution >= 4 is 0 Å². The second-order valence-corrected chi connectivity index (χ2v) is 5.44. The van der Waals surface area contributed by atoms with Gasteiger partial charge in [-0.1, -0.05) is 48.0 Å². The van der Waals surface area contributed by atoms with Crippen molar-refractivity contribution in [3.63, 3.8) is 0 Å².